The summed E-state index contributed by atoms with van der Waals surface area (Å²) in [5, 5.41) is 2.75. The van der Waals surface area contributed by atoms with Crippen LogP contribution in [0.4, 0.5) is 5.69 Å². The van der Waals surface area contributed by atoms with Gasteiger partial charge in [-0.25, -0.2) is 8.42 Å². The first-order valence-corrected chi connectivity index (χ1v) is 10.6. The lowest BCUT2D eigenvalue weighted by atomic mass is 10.2. The third-order valence-corrected chi connectivity index (χ3v) is 6.15. The molecule has 1 atom stereocenters. The third kappa shape index (κ3) is 5.79. The fourth-order valence-electron chi connectivity index (χ4n) is 2.50. The van der Waals surface area contributed by atoms with Gasteiger partial charge in [-0.05, 0) is 50.2 Å². The molecule has 27 heavy (non-hydrogen) atoms. The predicted molar refractivity (Wildman–Crippen MR) is 109 cm³/mol. The van der Waals surface area contributed by atoms with Crippen molar-refractivity contribution < 1.29 is 17.9 Å². The number of methoxy groups -OCH3 is 1. The first-order valence-electron chi connectivity index (χ1n) is 8.37. The molecule has 0 unspecified atom stereocenters. The number of nitrogens with zero attached hydrogens (tertiary/aromatic N) is 1. The van der Waals surface area contributed by atoms with Crippen LogP contribution in [0.1, 0.15) is 12.5 Å². The number of aryl methyl sites for hydroxylation is 1. The number of anilines is 1. The summed E-state index contributed by atoms with van der Waals surface area (Å²) in [5.41, 5.74) is 1.36. The van der Waals surface area contributed by atoms with E-state index in [1.54, 1.807) is 62.6 Å². The van der Waals surface area contributed by atoms with Gasteiger partial charge in [0.25, 0.3) is 10.0 Å². The summed E-state index contributed by atoms with van der Waals surface area (Å²) in [6, 6.07) is 13.1. The van der Waals surface area contributed by atoms with Crippen molar-refractivity contribution in [2.24, 2.45) is 0 Å². The van der Waals surface area contributed by atoms with Crippen molar-refractivity contribution in [2.75, 3.05) is 24.6 Å². The lowest BCUT2D eigenvalue weighted by molar-refractivity contribution is -0.120. The van der Waals surface area contributed by atoms with Gasteiger partial charge in [0.05, 0.1) is 17.2 Å². The van der Waals surface area contributed by atoms with Crippen LogP contribution in [0.25, 0.3) is 0 Å². The average molecular weight is 455 g/mol. The van der Waals surface area contributed by atoms with E-state index in [4.69, 9.17) is 4.74 Å². The number of hydrogen-bond donors (Lipinski definition) is 1. The fourth-order valence-corrected chi connectivity index (χ4v) is 4.19. The molecule has 0 aromatic heterocycles. The van der Waals surface area contributed by atoms with Crippen LogP contribution in [-0.4, -0.2) is 40.6 Å². The van der Waals surface area contributed by atoms with Crippen LogP contribution in [0.5, 0.6) is 0 Å². The summed E-state index contributed by atoms with van der Waals surface area (Å²) in [7, 11) is -2.36. The first-order chi connectivity index (χ1) is 12.7. The zero-order valence-electron chi connectivity index (χ0n) is 15.5. The van der Waals surface area contributed by atoms with E-state index < -0.39 is 15.9 Å². The number of hydrogen-bond acceptors (Lipinski definition) is 4. The van der Waals surface area contributed by atoms with Crippen molar-refractivity contribution in [3.8, 4) is 0 Å². The number of nitrogens with one attached hydrogen (secondary N) is 1. The SMILES string of the molecule is COC[C@@H](C)NC(=O)CN(c1ccc(Br)cc1)S(=O)(=O)c1ccc(C)cc1. The van der Waals surface area contributed by atoms with Crippen LogP contribution in [-0.2, 0) is 19.6 Å². The fraction of sp³-hybridized carbons (Fsp3) is 0.316. The largest absolute Gasteiger partial charge is 0.383 e. The molecular weight excluding hydrogens is 432 g/mol. The zero-order valence-corrected chi connectivity index (χ0v) is 17.9. The standard InChI is InChI=1S/C19H23BrN2O4S/c1-14-4-10-18(11-5-14)27(24,25)22(17-8-6-16(20)7-9-17)12-19(23)21-15(2)13-26-3/h4-11,15H,12-13H2,1-3H3,(H,21,23)/t15-/m1/s1. The number of benzene rings is 2. The number of rotatable bonds is 8. The Morgan fingerprint density at radius 2 is 1.74 bits per heavy atom. The molecule has 1 N–H and O–H groups in total. The van der Waals surface area contributed by atoms with Crippen LogP contribution in [0, 0.1) is 6.92 Å². The number of carbonyl (C=O) groups excluding carboxylic acids is 1. The Morgan fingerprint density at radius 3 is 2.30 bits per heavy atom. The van der Waals surface area contributed by atoms with E-state index in [-0.39, 0.29) is 17.5 Å². The van der Waals surface area contributed by atoms with Gasteiger partial charge in [-0.1, -0.05) is 33.6 Å². The zero-order chi connectivity index (χ0) is 20.0. The van der Waals surface area contributed by atoms with Crippen LogP contribution < -0.4 is 9.62 Å². The van der Waals surface area contributed by atoms with Crippen molar-refractivity contribution in [3.63, 3.8) is 0 Å². The number of halogens is 1. The molecule has 0 heterocycles. The van der Waals surface area contributed by atoms with Gasteiger partial charge in [0.1, 0.15) is 6.54 Å². The van der Waals surface area contributed by atoms with Crippen LogP contribution >= 0.6 is 15.9 Å². The monoisotopic (exact) mass is 454 g/mol. The van der Waals surface area contributed by atoms with Crippen molar-refractivity contribution >= 4 is 37.5 Å². The highest BCUT2D eigenvalue weighted by Crippen LogP contribution is 2.25. The molecule has 2 aromatic rings. The third-order valence-electron chi connectivity index (χ3n) is 3.83. The van der Waals surface area contributed by atoms with Gasteiger partial charge in [-0.2, -0.15) is 0 Å². The highest BCUT2D eigenvalue weighted by molar-refractivity contribution is 9.10. The summed E-state index contributed by atoms with van der Waals surface area (Å²) in [6.07, 6.45) is 0. The molecule has 0 bridgehead atoms. The minimum atomic E-state index is -3.90. The van der Waals surface area contributed by atoms with Gasteiger partial charge in [0.15, 0.2) is 0 Å². The normalized spacial score (nSPS) is 12.4. The van der Waals surface area contributed by atoms with Gasteiger partial charge in [0, 0.05) is 17.6 Å². The van der Waals surface area contributed by atoms with E-state index >= 15 is 0 Å². The molecule has 146 valence electrons. The summed E-state index contributed by atoms with van der Waals surface area (Å²) >= 11 is 3.34. The van der Waals surface area contributed by atoms with Gasteiger partial charge >= 0.3 is 0 Å². The maximum atomic E-state index is 13.2. The minimum Gasteiger partial charge on any atom is -0.383 e. The molecule has 8 heteroatoms. The van der Waals surface area contributed by atoms with Crippen LogP contribution in [0.15, 0.2) is 57.9 Å². The van der Waals surface area contributed by atoms with E-state index in [1.807, 2.05) is 6.92 Å². The second kappa shape index (κ2) is 9.34. The molecule has 0 aliphatic carbocycles. The van der Waals surface area contributed by atoms with E-state index in [0.717, 1.165) is 14.3 Å². The summed E-state index contributed by atoms with van der Waals surface area (Å²) in [4.78, 5) is 12.6. The highest BCUT2D eigenvalue weighted by Gasteiger charge is 2.27. The Labute approximate surface area is 168 Å². The van der Waals surface area contributed by atoms with Gasteiger partial charge in [-0.15, -0.1) is 0 Å². The molecule has 0 aliphatic rings. The molecule has 2 rings (SSSR count). The Hall–Kier alpha value is -1.90. The number of carbonyl (C=O) groups is 1. The molecule has 6 nitrogen and oxygen atoms in total. The van der Waals surface area contributed by atoms with E-state index in [0.29, 0.717) is 12.3 Å². The smallest absolute Gasteiger partial charge is 0.264 e. The summed E-state index contributed by atoms with van der Waals surface area (Å²) in [6.45, 7) is 3.69. The van der Waals surface area contributed by atoms with E-state index in [2.05, 4.69) is 21.2 Å². The topological polar surface area (TPSA) is 75.7 Å². The second-order valence-corrected chi connectivity index (χ2v) is 9.00. The molecule has 0 aliphatic heterocycles. The molecule has 0 saturated carbocycles. The van der Waals surface area contributed by atoms with Gasteiger partial charge in [-0.3, -0.25) is 9.10 Å². The van der Waals surface area contributed by atoms with Crippen molar-refractivity contribution in [1.82, 2.24) is 5.32 Å². The first kappa shape index (κ1) is 21.4. The Kier molecular flexibility index (Phi) is 7.41. The lowest BCUT2D eigenvalue weighted by Crippen LogP contribution is -2.44. The van der Waals surface area contributed by atoms with E-state index in [9.17, 15) is 13.2 Å². The van der Waals surface area contributed by atoms with Crippen molar-refractivity contribution in [1.29, 1.82) is 0 Å². The number of amides is 1. The molecule has 0 radical (unpaired) electrons. The predicted octanol–water partition coefficient (Wildman–Crippen LogP) is 3.10. The van der Waals surface area contributed by atoms with Gasteiger partial charge in [0.2, 0.25) is 5.91 Å². The molecule has 0 fully saturated rings. The van der Waals surface area contributed by atoms with Gasteiger partial charge < -0.3 is 10.1 Å². The van der Waals surface area contributed by atoms with Crippen LogP contribution in [0.2, 0.25) is 0 Å². The Morgan fingerprint density at radius 1 is 1.15 bits per heavy atom. The molecule has 0 saturated heterocycles. The Bertz CT molecular complexity index is 868. The average Bonchev–Trinajstić information content (AvgIpc) is 2.61. The quantitative estimate of drug-likeness (QED) is 0.664. The lowest BCUT2D eigenvalue weighted by Gasteiger charge is -2.25. The summed E-state index contributed by atoms with van der Waals surface area (Å²) < 4.78 is 33.3. The molecule has 1 amide bonds. The number of ether oxygens (including phenoxy) is 1. The second-order valence-electron chi connectivity index (χ2n) is 6.23. The van der Waals surface area contributed by atoms with E-state index in [1.165, 1.54) is 0 Å². The van der Waals surface area contributed by atoms with Crippen molar-refractivity contribution in [3.05, 3.63) is 58.6 Å². The maximum Gasteiger partial charge on any atom is 0.264 e. The highest BCUT2D eigenvalue weighted by atomic mass is 79.9. The van der Waals surface area contributed by atoms with Crippen LogP contribution in [0.3, 0.4) is 0 Å². The van der Waals surface area contributed by atoms with Crippen molar-refractivity contribution in [2.45, 2.75) is 24.8 Å². The molecule has 0 spiro atoms. The minimum absolute atomic E-state index is 0.133. The summed E-state index contributed by atoms with van der Waals surface area (Å²) in [5.74, 6) is -0.404. The molecule has 2 aromatic carbocycles. The molecular formula is C19H23BrN2O4S. The Balaban J connectivity index is 2.36. The maximum absolute atomic E-state index is 13.2. The number of sulfonamides is 1.